The Bertz CT molecular complexity index is 1180. The molecular formula is C27H32N2O5. The van der Waals surface area contributed by atoms with Gasteiger partial charge in [-0.1, -0.05) is 44.2 Å². The van der Waals surface area contributed by atoms with E-state index in [1.54, 1.807) is 6.07 Å². The highest BCUT2D eigenvalue weighted by Crippen LogP contribution is 2.29. The van der Waals surface area contributed by atoms with Gasteiger partial charge in [0.05, 0.1) is 18.7 Å². The number of esters is 1. The van der Waals surface area contributed by atoms with Crippen LogP contribution >= 0.6 is 0 Å². The minimum absolute atomic E-state index is 0.117. The van der Waals surface area contributed by atoms with Crippen LogP contribution in [0.4, 0.5) is 4.79 Å². The van der Waals surface area contributed by atoms with Gasteiger partial charge in [0.1, 0.15) is 19.6 Å². The summed E-state index contributed by atoms with van der Waals surface area (Å²) in [5.41, 5.74) is 1.81. The van der Waals surface area contributed by atoms with Gasteiger partial charge in [0.15, 0.2) is 0 Å². The number of nitrogens with zero attached hydrogens (tertiary/aromatic N) is 2. The molecule has 1 atom stereocenters. The first-order valence-electron chi connectivity index (χ1n) is 11.6. The number of urea groups is 1. The lowest BCUT2D eigenvalue weighted by atomic mass is 9.94. The Morgan fingerprint density at radius 2 is 1.68 bits per heavy atom. The Hall–Kier alpha value is -3.16. The van der Waals surface area contributed by atoms with E-state index in [1.165, 1.54) is 29.6 Å². The van der Waals surface area contributed by atoms with Crippen molar-refractivity contribution in [2.24, 2.45) is 0 Å². The number of hydrogen-bond donors (Lipinski definition) is 0. The zero-order valence-corrected chi connectivity index (χ0v) is 20.2. The molecule has 1 saturated heterocycles. The van der Waals surface area contributed by atoms with E-state index in [2.05, 4.69) is 44.2 Å². The molecule has 1 heterocycles. The maximum atomic E-state index is 13.3. The summed E-state index contributed by atoms with van der Waals surface area (Å²) < 4.78 is 16.2. The average Bonchev–Trinajstić information content (AvgIpc) is 2.84. The Labute approximate surface area is 200 Å². The van der Waals surface area contributed by atoms with Gasteiger partial charge < -0.3 is 14.2 Å². The van der Waals surface area contributed by atoms with Crippen molar-refractivity contribution >= 4 is 33.5 Å². The molecule has 0 aromatic heterocycles. The predicted octanol–water partition coefficient (Wildman–Crippen LogP) is 4.98. The van der Waals surface area contributed by atoms with Gasteiger partial charge in [-0.25, -0.2) is 9.59 Å². The van der Waals surface area contributed by atoms with Crippen LogP contribution in [0.25, 0.3) is 21.5 Å². The molecule has 180 valence electrons. The molecule has 4 rings (SSSR count). The molecule has 3 aromatic rings. The standard InChI is InChI=1S/C27H32N2O5/c1-5-18(2)19-9-10-20-12-21-7-6-8-24(25(21)13-22(20)11-19)26(30)34-23-14-28(16-32-3)27(31)29(15-23)17-33-4/h6-13,18,23H,5,14-17H2,1-4H3. The van der Waals surface area contributed by atoms with Gasteiger partial charge in [0.2, 0.25) is 0 Å². The second-order valence-corrected chi connectivity index (χ2v) is 8.89. The Kier molecular flexibility index (Phi) is 7.34. The molecule has 0 bridgehead atoms. The number of hydrogen-bond acceptors (Lipinski definition) is 5. The van der Waals surface area contributed by atoms with Gasteiger partial charge in [-0.15, -0.1) is 0 Å². The molecule has 3 aromatic carbocycles. The summed E-state index contributed by atoms with van der Waals surface area (Å²) in [6.07, 6.45) is 0.573. The van der Waals surface area contributed by atoms with Crippen molar-refractivity contribution in [1.29, 1.82) is 0 Å². The van der Waals surface area contributed by atoms with Gasteiger partial charge in [0, 0.05) is 14.2 Å². The van der Waals surface area contributed by atoms with Crippen LogP contribution in [0.15, 0.2) is 48.5 Å². The number of fused-ring (bicyclic) bond motifs is 2. The number of methoxy groups -OCH3 is 2. The van der Waals surface area contributed by atoms with Crippen LogP contribution in [0.1, 0.15) is 42.1 Å². The molecular weight excluding hydrogens is 432 g/mol. The van der Waals surface area contributed by atoms with Crippen molar-refractivity contribution in [3.63, 3.8) is 0 Å². The van der Waals surface area contributed by atoms with Crippen LogP contribution in [0.2, 0.25) is 0 Å². The largest absolute Gasteiger partial charge is 0.455 e. The number of carbonyl (C=O) groups is 2. The quantitative estimate of drug-likeness (QED) is 0.348. The maximum Gasteiger partial charge on any atom is 0.339 e. The molecule has 0 N–H and O–H groups in total. The van der Waals surface area contributed by atoms with Crippen LogP contribution < -0.4 is 0 Å². The van der Waals surface area contributed by atoms with Crippen LogP contribution in [-0.4, -0.2) is 68.7 Å². The van der Waals surface area contributed by atoms with Crippen LogP contribution in [-0.2, 0) is 14.2 Å². The molecule has 0 radical (unpaired) electrons. The summed E-state index contributed by atoms with van der Waals surface area (Å²) in [4.78, 5) is 28.9. The highest BCUT2D eigenvalue weighted by Gasteiger charge is 2.34. The van der Waals surface area contributed by atoms with Gasteiger partial charge in [-0.2, -0.15) is 0 Å². The minimum atomic E-state index is -0.497. The van der Waals surface area contributed by atoms with E-state index in [0.29, 0.717) is 11.5 Å². The van der Waals surface area contributed by atoms with Gasteiger partial charge in [-0.05, 0) is 57.6 Å². The third-order valence-electron chi connectivity index (χ3n) is 6.50. The molecule has 1 aliphatic heterocycles. The normalized spacial score (nSPS) is 15.8. The molecule has 0 aliphatic carbocycles. The van der Waals surface area contributed by atoms with E-state index >= 15 is 0 Å². The maximum absolute atomic E-state index is 13.3. The first kappa shape index (κ1) is 24.0. The molecule has 2 amide bonds. The van der Waals surface area contributed by atoms with E-state index < -0.39 is 12.1 Å². The molecule has 1 unspecified atom stereocenters. The lowest BCUT2D eigenvalue weighted by molar-refractivity contribution is -0.0401. The predicted molar refractivity (Wildman–Crippen MR) is 132 cm³/mol. The van der Waals surface area contributed by atoms with E-state index in [0.717, 1.165) is 28.0 Å². The molecule has 1 fully saturated rings. The summed E-state index contributed by atoms with van der Waals surface area (Å²) >= 11 is 0. The number of benzene rings is 3. The number of rotatable bonds is 8. The van der Waals surface area contributed by atoms with E-state index in [-0.39, 0.29) is 32.6 Å². The van der Waals surface area contributed by atoms with Crippen molar-refractivity contribution in [3.05, 3.63) is 59.7 Å². The summed E-state index contributed by atoms with van der Waals surface area (Å²) in [7, 11) is 3.05. The van der Waals surface area contributed by atoms with E-state index in [9.17, 15) is 9.59 Å². The highest BCUT2D eigenvalue weighted by molar-refractivity contribution is 6.09. The smallest absolute Gasteiger partial charge is 0.339 e. The van der Waals surface area contributed by atoms with E-state index in [1.807, 2.05) is 12.1 Å². The fourth-order valence-electron chi connectivity index (χ4n) is 4.49. The highest BCUT2D eigenvalue weighted by atomic mass is 16.5. The summed E-state index contributed by atoms with van der Waals surface area (Å²) in [6, 6.07) is 16.2. The third-order valence-corrected chi connectivity index (χ3v) is 6.50. The number of carbonyl (C=O) groups excluding carboxylic acids is 2. The Balaban J connectivity index is 1.63. The molecule has 1 aliphatic rings. The topological polar surface area (TPSA) is 68.3 Å². The van der Waals surface area contributed by atoms with Crippen molar-refractivity contribution < 1.29 is 23.8 Å². The summed E-state index contributed by atoms with van der Waals surface area (Å²) in [5.74, 6) is 0.0662. The zero-order valence-electron chi connectivity index (χ0n) is 20.2. The summed E-state index contributed by atoms with van der Waals surface area (Å²) in [6.45, 7) is 5.18. The van der Waals surface area contributed by atoms with Gasteiger partial charge >= 0.3 is 12.0 Å². The zero-order chi connectivity index (χ0) is 24.2. The van der Waals surface area contributed by atoms with Gasteiger partial charge in [-0.3, -0.25) is 9.80 Å². The minimum Gasteiger partial charge on any atom is -0.455 e. The summed E-state index contributed by atoms with van der Waals surface area (Å²) in [5, 5.41) is 4.09. The third kappa shape index (κ3) is 4.86. The Morgan fingerprint density at radius 1 is 0.971 bits per heavy atom. The molecule has 7 nitrogen and oxygen atoms in total. The number of amides is 2. The average molecular weight is 465 g/mol. The first-order valence-corrected chi connectivity index (χ1v) is 11.6. The fourth-order valence-corrected chi connectivity index (χ4v) is 4.49. The van der Waals surface area contributed by atoms with E-state index in [4.69, 9.17) is 14.2 Å². The fraction of sp³-hybridized carbons (Fsp3) is 0.407. The molecule has 0 spiro atoms. The first-order chi connectivity index (χ1) is 16.4. The van der Waals surface area contributed by atoms with Crippen LogP contribution in [0.3, 0.4) is 0 Å². The molecule has 34 heavy (non-hydrogen) atoms. The lowest BCUT2D eigenvalue weighted by Gasteiger charge is -2.38. The Morgan fingerprint density at radius 3 is 2.32 bits per heavy atom. The second kappa shape index (κ2) is 10.4. The SMILES string of the molecule is CCC(C)c1ccc2cc3cccc(C(=O)OC4CN(COC)C(=O)N(COC)C4)c3cc2c1. The van der Waals surface area contributed by atoms with Crippen molar-refractivity contribution in [3.8, 4) is 0 Å². The lowest BCUT2D eigenvalue weighted by Crippen LogP contribution is -2.57. The van der Waals surface area contributed by atoms with Crippen LogP contribution in [0.5, 0.6) is 0 Å². The number of ether oxygens (including phenoxy) is 3. The van der Waals surface area contributed by atoms with Crippen molar-refractivity contribution in [2.45, 2.75) is 32.3 Å². The monoisotopic (exact) mass is 464 g/mol. The van der Waals surface area contributed by atoms with Crippen LogP contribution in [0, 0.1) is 0 Å². The van der Waals surface area contributed by atoms with Gasteiger partial charge in [0.25, 0.3) is 0 Å². The van der Waals surface area contributed by atoms with Crippen molar-refractivity contribution in [2.75, 3.05) is 40.8 Å². The molecule has 0 saturated carbocycles. The molecule has 7 heteroatoms. The second-order valence-electron chi connectivity index (χ2n) is 8.89. The van der Waals surface area contributed by atoms with Crippen molar-refractivity contribution in [1.82, 2.24) is 9.80 Å².